The molecule has 5 heavy (non-hydrogen) atoms. The monoisotopic (exact) mass is 189 g/mol. The van der Waals surface area contributed by atoms with Crippen LogP contribution in [0.15, 0.2) is 0 Å². The van der Waals surface area contributed by atoms with Gasteiger partial charge < -0.3 is 0 Å². The van der Waals surface area contributed by atoms with Crippen molar-refractivity contribution in [2.45, 2.75) is 7.43 Å². The van der Waals surface area contributed by atoms with Crippen LogP contribution in [-0.4, -0.2) is 11.0 Å². The zero-order chi connectivity index (χ0) is 0. The molecule has 0 aromatic carbocycles. The minimum Gasteiger partial charge on any atom is -0.153 e. The molecule has 1 atom stereocenters. The maximum atomic E-state index is 0. The van der Waals surface area contributed by atoms with Crippen molar-refractivity contribution in [3.05, 3.63) is 0 Å². The van der Waals surface area contributed by atoms with E-state index in [1.807, 2.05) is 0 Å². The van der Waals surface area contributed by atoms with Crippen molar-refractivity contribution in [2.75, 3.05) is 0 Å². The Labute approximate surface area is 62.5 Å². The zero-order valence-electron chi connectivity index (χ0n) is 1.94. The molecule has 0 rings (SSSR count). The fourth-order valence-electron chi connectivity index (χ4n) is 0. The summed E-state index contributed by atoms with van der Waals surface area (Å²) in [5, 5.41) is 0. The molecule has 0 aromatic rings. The Morgan fingerprint density at radius 3 is 1.00 bits per heavy atom. The van der Waals surface area contributed by atoms with Gasteiger partial charge in [0.1, 0.15) is 0 Å². The van der Waals surface area contributed by atoms with Crippen LogP contribution in [0.5, 0.6) is 0 Å². The molecule has 0 bridgehead atoms. The van der Waals surface area contributed by atoms with Crippen LogP contribution < -0.4 is 0 Å². The molecule has 0 saturated heterocycles. The Hall–Kier alpha value is 1.69. The van der Waals surface area contributed by atoms with Crippen LogP contribution in [0, 0.1) is 0 Å². The van der Waals surface area contributed by atoms with Crippen molar-refractivity contribution < 1.29 is 34.1 Å². The van der Waals surface area contributed by atoms with Gasteiger partial charge in [-0.2, -0.15) is 9.90 Å². The first kappa shape index (κ1) is 76.1. The predicted octanol–water partition coefficient (Wildman–Crippen LogP) is 0.308. The van der Waals surface area contributed by atoms with Gasteiger partial charge in [0.25, 0.3) is 0 Å². The Morgan fingerprint density at radius 2 is 1.00 bits per heavy atom. The van der Waals surface area contributed by atoms with Gasteiger partial charge in [-0.05, 0) is 0 Å². The summed E-state index contributed by atoms with van der Waals surface area (Å²) in [7, 11) is 0. The van der Waals surface area contributed by atoms with E-state index in [2.05, 4.69) is 0 Å². The molecule has 4 heteroatoms. The minimum atomic E-state index is 0. The van der Waals surface area contributed by atoms with Gasteiger partial charge >= 0.3 is 0 Å². The van der Waals surface area contributed by atoms with Gasteiger partial charge in [0.2, 0.25) is 0 Å². The normalized spacial score (nSPS) is 0. The third-order valence-corrected chi connectivity index (χ3v) is 0. The summed E-state index contributed by atoms with van der Waals surface area (Å²) in [4.78, 5) is 0. The van der Waals surface area contributed by atoms with Crippen molar-refractivity contribution in [2.24, 2.45) is 0 Å². The third-order valence-electron chi connectivity index (χ3n) is 0. The van der Waals surface area contributed by atoms with Crippen molar-refractivity contribution >= 4 is 20.9 Å². The fraction of sp³-hybridized carbons (Fsp3) is 1.00. The predicted molar refractivity (Wildman–Crippen MR) is 23.6 cm³/mol. The molecule has 0 aliphatic carbocycles. The van der Waals surface area contributed by atoms with E-state index >= 15 is 0 Å². The van der Waals surface area contributed by atoms with Crippen molar-refractivity contribution in [1.82, 2.24) is 0 Å². The van der Waals surface area contributed by atoms with E-state index in [1.165, 1.54) is 0 Å². The molecule has 0 aliphatic heterocycles. The van der Waals surface area contributed by atoms with Gasteiger partial charge in [-0.1, -0.05) is 7.43 Å². The van der Waals surface area contributed by atoms with Crippen LogP contribution in [0.1, 0.15) is 7.43 Å². The second-order valence-electron chi connectivity index (χ2n) is 0. The van der Waals surface area contributed by atoms with Gasteiger partial charge in [0.15, 0.2) is 0 Å². The first-order valence-corrected chi connectivity index (χ1v) is 0. The van der Waals surface area contributed by atoms with Crippen molar-refractivity contribution in [3.63, 3.8) is 0 Å². The first-order chi connectivity index (χ1) is 0. The van der Waals surface area contributed by atoms with Gasteiger partial charge in [-0.3, -0.25) is 0 Å². The minimum absolute atomic E-state index is 0. The van der Waals surface area contributed by atoms with E-state index in [0.29, 0.717) is 0 Å². The Bertz CT molecular complexity index is 11.6. The van der Waals surface area contributed by atoms with E-state index < -0.39 is 0 Å². The average Bonchev–Trinajstić information content (AvgIpc) is 0. The molecule has 0 N–H and O–H groups in total. The SMILES string of the molecule is C.P.[Fe].[Mn].[Si]. The van der Waals surface area contributed by atoms with Crippen LogP contribution in [0.2, 0.25) is 0 Å². The average molecular weight is 189 g/mol. The molecule has 5 radical (unpaired) electrons. The quantitative estimate of drug-likeness (QED) is 0.380. The fourth-order valence-corrected chi connectivity index (χ4v) is 0. The summed E-state index contributed by atoms with van der Waals surface area (Å²) in [6.45, 7) is 0. The molecule has 0 aromatic heterocycles. The second kappa shape index (κ2) is 43.9. The largest absolute Gasteiger partial charge is 0.153 e. The molecule has 1 unspecified atom stereocenters. The van der Waals surface area contributed by atoms with E-state index in [-0.39, 0.29) is 62.4 Å². The van der Waals surface area contributed by atoms with Gasteiger partial charge in [0.05, 0.1) is 0 Å². The van der Waals surface area contributed by atoms with Crippen LogP contribution >= 0.6 is 9.90 Å². The van der Waals surface area contributed by atoms with Crippen molar-refractivity contribution in [3.8, 4) is 0 Å². The van der Waals surface area contributed by atoms with Crippen LogP contribution in [0.4, 0.5) is 0 Å². The third kappa shape index (κ3) is 27.2. The molecular formula is CH7FeMnPSi. The summed E-state index contributed by atoms with van der Waals surface area (Å²) >= 11 is 0. The first-order valence-electron chi connectivity index (χ1n) is 0. The van der Waals surface area contributed by atoms with E-state index in [4.69, 9.17) is 0 Å². The summed E-state index contributed by atoms with van der Waals surface area (Å²) in [6, 6.07) is 0. The molecule has 35 valence electrons. The van der Waals surface area contributed by atoms with Gasteiger partial charge in [0, 0.05) is 45.1 Å². The Balaban J connectivity index is 0. The molecule has 0 fully saturated rings. The van der Waals surface area contributed by atoms with Gasteiger partial charge in [-0.15, -0.1) is 0 Å². The zero-order valence-corrected chi connectivity index (χ0v) is 6.64. The Morgan fingerprint density at radius 1 is 1.00 bits per heavy atom. The summed E-state index contributed by atoms with van der Waals surface area (Å²) in [6.07, 6.45) is 0. The van der Waals surface area contributed by atoms with Crippen LogP contribution in [0.25, 0.3) is 0 Å². The van der Waals surface area contributed by atoms with E-state index in [0.717, 1.165) is 0 Å². The molecule has 0 saturated carbocycles. The van der Waals surface area contributed by atoms with Crippen LogP contribution in [-0.2, 0) is 34.1 Å². The van der Waals surface area contributed by atoms with Crippen LogP contribution in [0.3, 0.4) is 0 Å². The molecule has 0 nitrogen and oxygen atoms in total. The topological polar surface area (TPSA) is 0 Å². The standard InChI is InChI=1S/CH4.Fe.Mn.H3P.Si/h1H4;;;1H3;. The van der Waals surface area contributed by atoms with Crippen molar-refractivity contribution in [1.29, 1.82) is 0 Å². The molecule has 0 aliphatic rings. The maximum absolute atomic E-state index is 0. The number of hydrogen-bond acceptors (Lipinski definition) is 0. The number of hydrogen-bond donors (Lipinski definition) is 0. The van der Waals surface area contributed by atoms with E-state index in [9.17, 15) is 0 Å². The molecular weight excluding hydrogens is 182 g/mol. The number of rotatable bonds is 0. The summed E-state index contributed by atoms with van der Waals surface area (Å²) in [5.41, 5.74) is 0. The maximum Gasteiger partial charge on any atom is 0 e. The Kier molecular flexibility index (Phi) is 668. The molecule has 0 spiro atoms. The second-order valence-corrected chi connectivity index (χ2v) is 0. The smallest absolute Gasteiger partial charge is 0 e. The molecule has 0 amide bonds. The summed E-state index contributed by atoms with van der Waals surface area (Å²) in [5.74, 6) is 0. The molecule has 0 heterocycles. The van der Waals surface area contributed by atoms with E-state index in [1.54, 1.807) is 0 Å². The summed E-state index contributed by atoms with van der Waals surface area (Å²) < 4.78 is 0. The van der Waals surface area contributed by atoms with Gasteiger partial charge in [-0.25, -0.2) is 0 Å².